The van der Waals surface area contributed by atoms with E-state index >= 15 is 0 Å². The van der Waals surface area contributed by atoms with E-state index in [2.05, 4.69) is 14.9 Å². The first-order valence-electron chi connectivity index (χ1n) is 9.36. The topological polar surface area (TPSA) is 65.4 Å². The van der Waals surface area contributed by atoms with Crippen molar-refractivity contribution in [1.82, 2.24) is 14.9 Å². The predicted molar refractivity (Wildman–Crippen MR) is 109 cm³/mol. The number of ether oxygens (including phenoxy) is 2. The number of carbonyl (C=O) groups is 1. The van der Waals surface area contributed by atoms with Crippen molar-refractivity contribution in [3.63, 3.8) is 0 Å². The van der Waals surface area contributed by atoms with Gasteiger partial charge < -0.3 is 19.4 Å². The van der Waals surface area contributed by atoms with Gasteiger partial charge in [0.25, 0.3) is 5.91 Å². The van der Waals surface area contributed by atoms with Crippen molar-refractivity contribution in [2.75, 3.05) is 13.2 Å². The van der Waals surface area contributed by atoms with Crippen molar-refractivity contribution in [2.45, 2.75) is 31.8 Å². The number of fused-ring (bicyclic) bond motifs is 2. The standard InChI is InChI=1S/C21H21N3O3.ClH/c1-13(14-3-7-19-20(11-14)27-9-8-26-19)23-21(25)15-2-6-18-17(10-15)22-12-24(18)16-4-5-16;/h2-3,6-7,10-13,16H,4-5,8-9H2,1H3,(H,23,25);1H. The van der Waals surface area contributed by atoms with Crippen LogP contribution in [0.1, 0.15) is 47.8 Å². The molecule has 1 unspecified atom stereocenters. The molecule has 2 heterocycles. The van der Waals surface area contributed by atoms with Crippen LogP contribution in [0.3, 0.4) is 0 Å². The summed E-state index contributed by atoms with van der Waals surface area (Å²) in [5, 5.41) is 3.06. The van der Waals surface area contributed by atoms with E-state index in [4.69, 9.17) is 9.47 Å². The normalized spacial score (nSPS) is 16.3. The summed E-state index contributed by atoms with van der Waals surface area (Å²) in [5.41, 5.74) is 3.55. The molecular weight excluding hydrogens is 378 g/mol. The Kier molecular flexibility index (Phi) is 4.89. The fraction of sp³-hybridized carbons (Fsp3) is 0.333. The number of imidazole rings is 1. The molecular formula is C21H22ClN3O3. The van der Waals surface area contributed by atoms with E-state index in [1.165, 1.54) is 12.8 Å². The van der Waals surface area contributed by atoms with E-state index in [0.29, 0.717) is 24.8 Å². The summed E-state index contributed by atoms with van der Waals surface area (Å²) >= 11 is 0. The number of carbonyl (C=O) groups excluding carboxylic acids is 1. The molecule has 1 atom stereocenters. The molecule has 1 saturated carbocycles. The molecule has 1 amide bonds. The van der Waals surface area contributed by atoms with Gasteiger partial charge in [0.2, 0.25) is 0 Å². The quantitative estimate of drug-likeness (QED) is 0.718. The summed E-state index contributed by atoms with van der Waals surface area (Å²) < 4.78 is 13.4. The van der Waals surface area contributed by atoms with Crippen LogP contribution in [0.4, 0.5) is 0 Å². The Hall–Kier alpha value is -2.73. The van der Waals surface area contributed by atoms with Gasteiger partial charge >= 0.3 is 0 Å². The predicted octanol–water partition coefficient (Wildman–Crippen LogP) is 4.06. The Morgan fingerprint density at radius 2 is 1.93 bits per heavy atom. The number of benzene rings is 2. The second kappa shape index (κ2) is 7.36. The van der Waals surface area contributed by atoms with Gasteiger partial charge in [-0.1, -0.05) is 6.07 Å². The highest BCUT2D eigenvalue weighted by Gasteiger charge is 2.25. The second-order valence-electron chi connectivity index (χ2n) is 7.18. The SMILES string of the molecule is CC(NC(=O)c1ccc2c(c1)ncn2C1CC1)c1ccc2c(c1)OCCO2.Cl. The summed E-state index contributed by atoms with van der Waals surface area (Å²) in [4.78, 5) is 17.2. The maximum Gasteiger partial charge on any atom is 0.251 e. The van der Waals surface area contributed by atoms with Crippen LogP contribution in [0.25, 0.3) is 11.0 Å². The first-order valence-corrected chi connectivity index (χ1v) is 9.36. The molecule has 146 valence electrons. The molecule has 1 aliphatic heterocycles. The van der Waals surface area contributed by atoms with Crippen LogP contribution < -0.4 is 14.8 Å². The molecule has 6 nitrogen and oxygen atoms in total. The molecule has 2 aliphatic rings. The van der Waals surface area contributed by atoms with Crippen LogP contribution in [0.15, 0.2) is 42.7 Å². The van der Waals surface area contributed by atoms with Crippen molar-refractivity contribution >= 4 is 29.3 Å². The summed E-state index contributed by atoms with van der Waals surface area (Å²) in [6.45, 7) is 3.08. The van der Waals surface area contributed by atoms with Crippen molar-refractivity contribution < 1.29 is 14.3 Å². The number of amides is 1. The average molecular weight is 400 g/mol. The van der Waals surface area contributed by atoms with Crippen LogP contribution in [0, 0.1) is 0 Å². The maximum atomic E-state index is 12.7. The van der Waals surface area contributed by atoms with Gasteiger partial charge in [-0.25, -0.2) is 4.98 Å². The lowest BCUT2D eigenvalue weighted by atomic mass is 10.1. The number of hydrogen-bond acceptors (Lipinski definition) is 4. The Labute approximate surface area is 169 Å². The molecule has 1 aliphatic carbocycles. The first-order chi connectivity index (χ1) is 13.2. The Morgan fingerprint density at radius 3 is 2.71 bits per heavy atom. The molecule has 7 heteroatoms. The Morgan fingerprint density at radius 1 is 1.14 bits per heavy atom. The molecule has 0 radical (unpaired) electrons. The lowest BCUT2D eigenvalue weighted by molar-refractivity contribution is 0.0940. The van der Waals surface area contributed by atoms with Crippen LogP contribution in [0.2, 0.25) is 0 Å². The second-order valence-corrected chi connectivity index (χ2v) is 7.18. The minimum Gasteiger partial charge on any atom is -0.486 e. The van der Waals surface area contributed by atoms with Gasteiger partial charge in [-0.3, -0.25) is 4.79 Å². The fourth-order valence-electron chi connectivity index (χ4n) is 3.51. The lowest BCUT2D eigenvalue weighted by Gasteiger charge is -2.21. The summed E-state index contributed by atoms with van der Waals surface area (Å²) in [5.74, 6) is 1.37. The molecule has 0 bridgehead atoms. The van der Waals surface area contributed by atoms with Crippen molar-refractivity contribution in [3.8, 4) is 11.5 Å². The highest BCUT2D eigenvalue weighted by Crippen LogP contribution is 2.37. The van der Waals surface area contributed by atoms with Crippen molar-refractivity contribution in [1.29, 1.82) is 0 Å². The van der Waals surface area contributed by atoms with Crippen LogP contribution in [0.5, 0.6) is 11.5 Å². The van der Waals surface area contributed by atoms with Gasteiger partial charge in [-0.2, -0.15) is 0 Å². The molecule has 3 aromatic rings. The van der Waals surface area contributed by atoms with Gasteiger partial charge in [0, 0.05) is 11.6 Å². The number of nitrogens with zero attached hydrogens (tertiary/aromatic N) is 2. The average Bonchev–Trinajstić information content (AvgIpc) is 3.46. The minimum atomic E-state index is -0.145. The third-order valence-electron chi connectivity index (χ3n) is 5.19. The van der Waals surface area contributed by atoms with E-state index in [0.717, 1.165) is 28.1 Å². The fourth-order valence-corrected chi connectivity index (χ4v) is 3.51. The van der Waals surface area contributed by atoms with Crippen LogP contribution >= 0.6 is 12.4 Å². The zero-order valence-corrected chi connectivity index (χ0v) is 16.4. The third-order valence-corrected chi connectivity index (χ3v) is 5.19. The Balaban J connectivity index is 0.00000192. The highest BCUT2D eigenvalue weighted by atomic mass is 35.5. The van der Waals surface area contributed by atoms with Gasteiger partial charge in [-0.15, -0.1) is 12.4 Å². The molecule has 28 heavy (non-hydrogen) atoms. The summed E-state index contributed by atoms with van der Waals surface area (Å²) in [7, 11) is 0. The summed E-state index contributed by atoms with van der Waals surface area (Å²) in [6.07, 6.45) is 4.29. The largest absolute Gasteiger partial charge is 0.486 e. The molecule has 5 rings (SSSR count). The van der Waals surface area contributed by atoms with Crippen LogP contribution in [-0.4, -0.2) is 28.7 Å². The number of aromatic nitrogens is 2. The number of rotatable bonds is 4. The van der Waals surface area contributed by atoms with Crippen LogP contribution in [-0.2, 0) is 0 Å². The zero-order chi connectivity index (χ0) is 18.4. The molecule has 1 aromatic heterocycles. The molecule has 0 spiro atoms. The van der Waals surface area contributed by atoms with E-state index in [1.54, 1.807) is 0 Å². The van der Waals surface area contributed by atoms with Gasteiger partial charge in [0.15, 0.2) is 11.5 Å². The van der Waals surface area contributed by atoms with Gasteiger partial charge in [-0.05, 0) is 55.7 Å². The van der Waals surface area contributed by atoms with Crippen molar-refractivity contribution in [3.05, 3.63) is 53.9 Å². The number of halogens is 1. The van der Waals surface area contributed by atoms with Gasteiger partial charge in [0.05, 0.1) is 23.4 Å². The first kappa shape index (κ1) is 18.6. The number of hydrogen-bond donors (Lipinski definition) is 1. The zero-order valence-electron chi connectivity index (χ0n) is 15.6. The minimum absolute atomic E-state index is 0. The van der Waals surface area contributed by atoms with Gasteiger partial charge in [0.1, 0.15) is 13.2 Å². The smallest absolute Gasteiger partial charge is 0.251 e. The Bertz CT molecular complexity index is 1030. The monoisotopic (exact) mass is 399 g/mol. The molecule has 1 fully saturated rings. The van der Waals surface area contributed by atoms with E-state index in [-0.39, 0.29) is 24.4 Å². The molecule has 1 N–H and O–H groups in total. The molecule has 0 saturated heterocycles. The molecule has 2 aromatic carbocycles. The highest BCUT2D eigenvalue weighted by molar-refractivity contribution is 5.97. The maximum absolute atomic E-state index is 12.7. The third kappa shape index (κ3) is 3.40. The summed E-state index contributed by atoms with van der Waals surface area (Å²) in [6, 6.07) is 11.9. The van der Waals surface area contributed by atoms with E-state index < -0.39 is 0 Å². The van der Waals surface area contributed by atoms with E-state index in [9.17, 15) is 4.79 Å². The van der Waals surface area contributed by atoms with E-state index in [1.807, 2.05) is 49.6 Å². The lowest BCUT2D eigenvalue weighted by Crippen LogP contribution is -2.26. The number of nitrogens with one attached hydrogen (secondary N) is 1. The van der Waals surface area contributed by atoms with Crippen molar-refractivity contribution in [2.24, 2.45) is 0 Å².